The maximum Gasteiger partial charge on any atom is 0.254 e. The first-order chi connectivity index (χ1) is 18.2. The molecule has 1 aromatic carbocycles. The van der Waals surface area contributed by atoms with Gasteiger partial charge < -0.3 is 29.6 Å². The van der Waals surface area contributed by atoms with Crippen molar-refractivity contribution in [2.75, 3.05) is 26.3 Å². The molecule has 2 aliphatic heterocycles. The number of pyridine rings is 1. The summed E-state index contributed by atoms with van der Waals surface area (Å²) in [4.78, 5) is 27.2. The van der Waals surface area contributed by atoms with Crippen molar-refractivity contribution in [3.05, 3.63) is 59.3 Å². The van der Waals surface area contributed by atoms with Crippen LogP contribution < -0.4 is 5.32 Å². The number of aromatic nitrogens is 4. The molecule has 1 atom stereocenters. The van der Waals surface area contributed by atoms with Crippen LogP contribution in [0.5, 0.6) is 0 Å². The number of carbonyl (C=O) groups is 1. The summed E-state index contributed by atoms with van der Waals surface area (Å²) in [6, 6.07) is 6.68. The lowest BCUT2D eigenvalue weighted by Gasteiger charge is -2.36. The van der Waals surface area contributed by atoms with Crippen LogP contribution in [0.3, 0.4) is 0 Å². The molecule has 198 valence electrons. The first-order valence-corrected chi connectivity index (χ1v) is 13.1. The summed E-state index contributed by atoms with van der Waals surface area (Å²) < 4.78 is 7.86. The van der Waals surface area contributed by atoms with Crippen LogP contribution in [-0.4, -0.2) is 67.3 Å². The number of imidazole rings is 1. The molecule has 1 amide bonds. The summed E-state index contributed by atoms with van der Waals surface area (Å²) in [7, 11) is 2.01. The Morgan fingerprint density at radius 3 is 2.76 bits per heavy atom. The Bertz CT molecular complexity index is 1500. The summed E-state index contributed by atoms with van der Waals surface area (Å²) in [6.07, 6.45) is 6.48. The maximum atomic E-state index is 12.9. The fourth-order valence-corrected chi connectivity index (χ4v) is 5.79. The van der Waals surface area contributed by atoms with E-state index in [1.165, 1.54) is 5.56 Å². The molecule has 4 aromatic rings. The summed E-state index contributed by atoms with van der Waals surface area (Å²) in [6.45, 7) is 8.22. The molecule has 38 heavy (non-hydrogen) atoms. The first-order valence-electron chi connectivity index (χ1n) is 13.1. The van der Waals surface area contributed by atoms with Crippen molar-refractivity contribution in [3.8, 4) is 22.4 Å². The van der Waals surface area contributed by atoms with Crippen LogP contribution in [0.15, 0.2) is 36.9 Å². The number of hydrogen-bond acceptors (Lipinski definition) is 6. The second kappa shape index (κ2) is 9.34. The fourth-order valence-electron chi connectivity index (χ4n) is 5.79. The molecule has 1 saturated heterocycles. The van der Waals surface area contributed by atoms with Crippen molar-refractivity contribution in [1.29, 1.82) is 0 Å². The van der Waals surface area contributed by atoms with E-state index in [4.69, 9.17) is 9.72 Å². The van der Waals surface area contributed by atoms with E-state index >= 15 is 0 Å². The van der Waals surface area contributed by atoms with Crippen LogP contribution in [-0.2, 0) is 29.5 Å². The molecule has 0 radical (unpaired) electrons. The average Bonchev–Trinajstić information content (AvgIpc) is 3.48. The van der Waals surface area contributed by atoms with E-state index in [0.29, 0.717) is 26.3 Å². The molecular formula is C29H34N6O3. The number of H-pyrrole nitrogens is 1. The molecule has 2 aliphatic rings. The van der Waals surface area contributed by atoms with E-state index in [0.717, 1.165) is 63.2 Å². The van der Waals surface area contributed by atoms with Gasteiger partial charge in [-0.25, -0.2) is 9.97 Å². The van der Waals surface area contributed by atoms with Crippen molar-refractivity contribution in [3.63, 3.8) is 0 Å². The van der Waals surface area contributed by atoms with Gasteiger partial charge >= 0.3 is 0 Å². The highest BCUT2D eigenvalue weighted by atomic mass is 16.5. The number of nitrogens with one attached hydrogen (secondary N) is 2. The molecule has 0 bridgehead atoms. The van der Waals surface area contributed by atoms with E-state index < -0.39 is 5.60 Å². The highest BCUT2D eigenvalue weighted by molar-refractivity contribution is 5.95. The zero-order valence-electron chi connectivity index (χ0n) is 22.3. The van der Waals surface area contributed by atoms with Gasteiger partial charge in [-0.3, -0.25) is 4.79 Å². The van der Waals surface area contributed by atoms with Gasteiger partial charge in [0.05, 0.1) is 37.0 Å². The summed E-state index contributed by atoms with van der Waals surface area (Å²) in [5.74, 6) is -0.244. The number of benzene rings is 1. The summed E-state index contributed by atoms with van der Waals surface area (Å²) >= 11 is 0. The van der Waals surface area contributed by atoms with Crippen molar-refractivity contribution in [2.24, 2.45) is 7.05 Å². The Morgan fingerprint density at radius 1 is 1.21 bits per heavy atom. The Morgan fingerprint density at radius 2 is 2.05 bits per heavy atom. The molecule has 5 heterocycles. The Hall–Kier alpha value is -3.53. The number of ether oxygens (including phenoxy) is 1. The molecule has 0 aliphatic carbocycles. The van der Waals surface area contributed by atoms with Crippen LogP contribution in [0, 0.1) is 6.92 Å². The van der Waals surface area contributed by atoms with Crippen LogP contribution >= 0.6 is 0 Å². The summed E-state index contributed by atoms with van der Waals surface area (Å²) in [5, 5.41) is 15.0. The lowest BCUT2D eigenvalue weighted by atomic mass is 9.87. The predicted molar refractivity (Wildman–Crippen MR) is 145 cm³/mol. The topological polar surface area (TPSA) is 108 Å². The number of amides is 1. The SMILES string of the molecule is Cc1ncn(C)c1-c1c[nH]c2ncc(-c3cc4c(c(C5COCCN5)c3)CN(C(=O)C(C)(C)O)CC4)cc12. The normalized spacial score (nSPS) is 18.1. The molecule has 1 fully saturated rings. The lowest BCUT2D eigenvalue weighted by molar-refractivity contribution is -0.148. The number of fused-ring (bicyclic) bond motifs is 2. The largest absolute Gasteiger partial charge is 0.381 e. The van der Waals surface area contributed by atoms with Gasteiger partial charge in [0.25, 0.3) is 5.91 Å². The number of carbonyl (C=O) groups excluding carboxylic acids is 1. The molecule has 9 heteroatoms. The number of rotatable bonds is 4. The lowest BCUT2D eigenvalue weighted by Crippen LogP contribution is -2.47. The van der Waals surface area contributed by atoms with Crippen LogP contribution in [0.2, 0.25) is 0 Å². The first kappa shape index (κ1) is 24.8. The molecule has 0 saturated carbocycles. The Balaban J connectivity index is 1.45. The van der Waals surface area contributed by atoms with Gasteiger partial charge in [-0.1, -0.05) is 6.07 Å². The minimum Gasteiger partial charge on any atom is -0.381 e. The van der Waals surface area contributed by atoms with Gasteiger partial charge in [-0.05, 0) is 61.6 Å². The van der Waals surface area contributed by atoms with E-state index in [1.54, 1.807) is 18.7 Å². The monoisotopic (exact) mass is 514 g/mol. The standard InChI is InChI=1S/C29H34N6O3/c1-17-26(34(4)16-33-17)23-13-32-27-22(23)11-20(12-31-27)19-9-18-5-7-35(28(36)29(2,3)37)14-24(18)21(10-19)25-15-38-8-6-30-25/h9-13,16,25,30,37H,5-8,14-15H2,1-4H3,(H,31,32). The minimum atomic E-state index is -1.40. The van der Waals surface area contributed by atoms with E-state index in [9.17, 15) is 9.90 Å². The van der Waals surface area contributed by atoms with Gasteiger partial charge in [-0.2, -0.15) is 0 Å². The molecule has 3 aromatic heterocycles. The van der Waals surface area contributed by atoms with Crippen LogP contribution in [0.1, 0.15) is 42.3 Å². The van der Waals surface area contributed by atoms with Gasteiger partial charge in [-0.15, -0.1) is 0 Å². The third-order valence-corrected chi connectivity index (χ3v) is 7.72. The highest BCUT2D eigenvalue weighted by Crippen LogP contribution is 2.36. The van der Waals surface area contributed by atoms with Crippen molar-refractivity contribution >= 4 is 16.9 Å². The Labute approximate surface area is 221 Å². The van der Waals surface area contributed by atoms with Crippen molar-refractivity contribution in [2.45, 2.75) is 45.4 Å². The zero-order valence-corrected chi connectivity index (χ0v) is 22.3. The quantitative estimate of drug-likeness (QED) is 0.386. The third kappa shape index (κ3) is 4.30. The van der Waals surface area contributed by atoms with Gasteiger partial charge in [0.2, 0.25) is 0 Å². The molecular weight excluding hydrogens is 480 g/mol. The number of hydrogen-bond donors (Lipinski definition) is 3. The Kier molecular flexibility index (Phi) is 6.09. The maximum absolute atomic E-state index is 12.9. The van der Waals surface area contributed by atoms with Crippen molar-refractivity contribution < 1.29 is 14.6 Å². The minimum absolute atomic E-state index is 0.0336. The number of aromatic amines is 1. The van der Waals surface area contributed by atoms with Gasteiger partial charge in [0.1, 0.15) is 11.2 Å². The van der Waals surface area contributed by atoms with Gasteiger partial charge in [0, 0.05) is 55.6 Å². The molecule has 9 nitrogen and oxygen atoms in total. The fraction of sp³-hybridized carbons (Fsp3) is 0.414. The van der Waals surface area contributed by atoms with Crippen LogP contribution in [0.25, 0.3) is 33.4 Å². The van der Waals surface area contributed by atoms with Gasteiger partial charge in [0.15, 0.2) is 0 Å². The zero-order chi connectivity index (χ0) is 26.6. The second-order valence-electron chi connectivity index (χ2n) is 10.9. The highest BCUT2D eigenvalue weighted by Gasteiger charge is 2.33. The summed E-state index contributed by atoms with van der Waals surface area (Å²) in [5.41, 5.74) is 8.20. The predicted octanol–water partition coefficient (Wildman–Crippen LogP) is 3.26. The molecule has 3 N–H and O–H groups in total. The molecule has 6 rings (SSSR count). The number of aryl methyl sites for hydroxylation is 2. The number of nitrogens with zero attached hydrogens (tertiary/aromatic N) is 4. The van der Waals surface area contributed by atoms with Crippen molar-refractivity contribution in [1.82, 2.24) is 29.7 Å². The number of morpholine rings is 1. The molecule has 1 unspecified atom stereocenters. The third-order valence-electron chi connectivity index (χ3n) is 7.72. The van der Waals surface area contributed by atoms with Crippen LogP contribution in [0.4, 0.5) is 0 Å². The van der Waals surface area contributed by atoms with E-state index in [1.807, 2.05) is 37.3 Å². The number of aliphatic hydroxyl groups is 1. The molecule has 0 spiro atoms. The van der Waals surface area contributed by atoms with E-state index in [-0.39, 0.29) is 11.9 Å². The average molecular weight is 515 g/mol. The second-order valence-corrected chi connectivity index (χ2v) is 10.9. The smallest absolute Gasteiger partial charge is 0.254 e. The van der Waals surface area contributed by atoms with E-state index in [2.05, 4.69) is 33.5 Å².